The van der Waals surface area contributed by atoms with Gasteiger partial charge < -0.3 is 4.90 Å². The number of allylic oxidation sites excluding steroid dienone is 3. The Morgan fingerprint density at radius 1 is 0.367 bits per heavy atom. The van der Waals surface area contributed by atoms with E-state index in [1.807, 2.05) is 24.3 Å². The lowest BCUT2D eigenvalue weighted by atomic mass is 9.92. The Hall–Kier alpha value is -6.44. The Balaban J connectivity index is 1.18. The Bertz CT molecular complexity index is 2470. The summed E-state index contributed by atoms with van der Waals surface area (Å²) in [7, 11) is 0. The first-order valence-corrected chi connectivity index (χ1v) is 16.7. The smallest absolute Gasteiger partial charge is 0.0467 e. The molecule has 1 heteroatoms. The number of benzene rings is 8. The molecule has 0 unspecified atom stereocenters. The monoisotopic (exact) mass is 625 g/mol. The second-order valence-corrected chi connectivity index (χ2v) is 12.3. The van der Waals surface area contributed by atoms with Crippen LogP contribution in [0.15, 0.2) is 207 Å². The van der Waals surface area contributed by atoms with Crippen molar-refractivity contribution in [2.75, 3.05) is 4.90 Å². The Morgan fingerprint density at radius 3 is 1.39 bits per heavy atom. The minimum atomic E-state index is 0.947. The molecule has 1 nitrogen and oxygen atoms in total. The number of fused-ring (bicyclic) bond motifs is 6. The van der Waals surface area contributed by atoms with E-state index in [9.17, 15) is 0 Å². The van der Waals surface area contributed by atoms with Gasteiger partial charge in [-0.1, -0.05) is 159 Å². The second-order valence-electron chi connectivity index (χ2n) is 12.3. The molecule has 0 heterocycles. The van der Waals surface area contributed by atoms with Gasteiger partial charge in [0.25, 0.3) is 0 Å². The molecule has 0 aliphatic heterocycles. The van der Waals surface area contributed by atoms with Crippen molar-refractivity contribution >= 4 is 43.7 Å². The molecule has 0 fully saturated rings. The van der Waals surface area contributed by atoms with Crippen LogP contribution in [0, 0.1) is 0 Å². The van der Waals surface area contributed by atoms with Crippen molar-refractivity contribution in [3.05, 3.63) is 207 Å². The highest BCUT2D eigenvalue weighted by atomic mass is 15.1. The maximum atomic E-state index is 4.16. The fraction of sp³-hybridized carbons (Fsp3) is 0. The van der Waals surface area contributed by atoms with E-state index in [1.165, 1.54) is 60.1 Å². The normalized spacial score (nSPS) is 11.6. The van der Waals surface area contributed by atoms with E-state index in [0.717, 1.165) is 22.6 Å². The molecule has 0 aliphatic rings. The molecule has 0 atom stereocenters. The van der Waals surface area contributed by atoms with Crippen molar-refractivity contribution in [2.45, 2.75) is 0 Å². The fourth-order valence-electron chi connectivity index (χ4n) is 7.00. The van der Waals surface area contributed by atoms with Crippen molar-refractivity contribution in [1.82, 2.24) is 0 Å². The summed E-state index contributed by atoms with van der Waals surface area (Å²) in [6.45, 7) is 8.15. The van der Waals surface area contributed by atoms with Crippen molar-refractivity contribution < 1.29 is 0 Å². The lowest BCUT2D eigenvalue weighted by Gasteiger charge is -2.27. The molecule has 232 valence electrons. The van der Waals surface area contributed by atoms with Gasteiger partial charge in [-0.15, -0.1) is 0 Å². The summed E-state index contributed by atoms with van der Waals surface area (Å²) < 4.78 is 0. The molecule has 0 saturated carbocycles. The quantitative estimate of drug-likeness (QED) is 0.120. The summed E-state index contributed by atoms with van der Waals surface area (Å²) in [6, 6.07) is 61.1. The van der Waals surface area contributed by atoms with Gasteiger partial charge in [-0.2, -0.15) is 0 Å². The predicted octanol–water partition coefficient (Wildman–Crippen LogP) is 13.5. The number of nitrogens with zero attached hydrogens (tertiary/aromatic N) is 1. The molecule has 0 aromatic heterocycles. The van der Waals surface area contributed by atoms with E-state index in [-0.39, 0.29) is 0 Å². The lowest BCUT2D eigenvalue weighted by molar-refractivity contribution is 1.21. The predicted molar refractivity (Wildman–Crippen MR) is 212 cm³/mol. The van der Waals surface area contributed by atoms with Gasteiger partial charge in [0, 0.05) is 17.1 Å². The average Bonchev–Trinajstić information content (AvgIpc) is 3.18. The van der Waals surface area contributed by atoms with Crippen LogP contribution in [0.5, 0.6) is 0 Å². The Kier molecular flexibility index (Phi) is 7.93. The Labute approximate surface area is 288 Å². The average molecular weight is 626 g/mol. The van der Waals surface area contributed by atoms with Gasteiger partial charge in [0.1, 0.15) is 0 Å². The SMILES string of the molecule is C=C/C=C(\C=C)N(c1ccc(-c2ccc(-c3ccccc3)cc2)cc1)c1cccc(-c2ccc3c4ccccc4c4ccccc4c3c2)c1. The minimum Gasteiger partial charge on any atom is -0.311 e. The molecule has 0 radical (unpaired) electrons. The molecule has 8 aromatic carbocycles. The summed E-state index contributed by atoms with van der Waals surface area (Å²) in [5.41, 5.74) is 10.2. The molecule has 0 N–H and O–H groups in total. The number of hydrogen-bond donors (Lipinski definition) is 0. The molecular weight excluding hydrogens is 591 g/mol. The highest BCUT2D eigenvalue weighted by Crippen LogP contribution is 2.39. The first-order valence-electron chi connectivity index (χ1n) is 16.7. The van der Waals surface area contributed by atoms with Crippen LogP contribution in [0.3, 0.4) is 0 Å². The van der Waals surface area contributed by atoms with E-state index < -0.39 is 0 Å². The van der Waals surface area contributed by atoms with Crippen molar-refractivity contribution in [3.8, 4) is 33.4 Å². The summed E-state index contributed by atoms with van der Waals surface area (Å²) >= 11 is 0. The maximum absolute atomic E-state index is 4.16. The van der Waals surface area contributed by atoms with Gasteiger partial charge in [0.2, 0.25) is 0 Å². The van der Waals surface area contributed by atoms with Crippen LogP contribution < -0.4 is 4.90 Å². The molecule has 8 rings (SSSR count). The largest absolute Gasteiger partial charge is 0.311 e. The van der Waals surface area contributed by atoms with Crippen LogP contribution >= 0.6 is 0 Å². The van der Waals surface area contributed by atoms with Crippen LogP contribution in [-0.4, -0.2) is 0 Å². The molecule has 0 aliphatic carbocycles. The van der Waals surface area contributed by atoms with Gasteiger partial charge >= 0.3 is 0 Å². The van der Waals surface area contributed by atoms with Crippen LogP contribution in [0.2, 0.25) is 0 Å². The summed E-state index contributed by atoms with van der Waals surface area (Å²) in [6.07, 6.45) is 5.70. The summed E-state index contributed by atoms with van der Waals surface area (Å²) in [5, 5.41) is 7.66. The fourth-order valence-corrected chi connectivity index (χ4v) is 7.00. The molecule has 0 bridgehead atoms. The first kappa shape index (κ1) is 29.9. The minimum absolute atomic E-state index is 0.947. The standard InChI is InChI=1S/C48H35N/c1-3-13-40(4-2)49(41-29-26-37(27-30-41)36-24-22-35(23-25-36)34-14-6-5-7-15-34)42-17-12-16-38(32-42)39-28-31-47-45-20-9-8-18-43(45)44-19-10-11-21-46(44)48(47)33-39/h3-33H,1-2H2/b40-13+. The molecule has 0 spiro atoms. The highest BCUT2D eigenvalue weighted by molar-refractivity contribution is 6.25. The van der Waals surface area contributed by atoms with Crippen molar-refractivity contribution in [2.24, 2.45) is 0 Å². The molecule has 49 heavy (non-hydrogen) atoms. The van der Waals surface area contributed by atoms with E-state index in [2.05, 4.69) is 182 Å². The lowest BCUT2D eigenvalue weighted by Crippen LogP contribution is -2.15. The van der Waals surface area contributed by atoms with Gasteiger partial charge in [-0.05, 0) is 108 Å². The third-order valence-electron chi connectivity index (χ3n) is 9.39. The molecule has 0 saturated heterocycles. The van der Waals surface area contributed by atoms with Crippen molar-refractivity contribution in [3.63, 3.8) is 0 Å². The number of hydrogen-bond acceptors (Lipinski definition) is 1. The Morgan fingerprint density at radius 2 is 0.816 bits per heavy atom. The van der Waals surface area contributed by atoms with E-state index in [1.54, 1.807) is 0 Å². The number of anilines is 2. The topological polar surface area (TPSA) is 3.24 Å². The zero-order valence-corrected chi connectivity index (χ0v) is 27.3. The van der Waals surface area contributed by atoms with Crippen molar-refractivity contribution in [1.29, 1.82) is 0 Å². The van der Waals surface area contributed by atoms with Crippen LogP contribution in [0.1, 0.15) is 0 Å². The third-order valence-corrected chi connectivity index (χ3v) is 9.39. The maximum Gasteiger partial charge on any atom is 0.0467 e. The number of rotatable bonds is 8. The molecule has 8 aromatic rings. The van der Waals surface area contributed by atoms with E-state index in [0.29, 0.717) is 0 Å². The summed E-state index contributed by atoms with van der Waals surface area (Å²) in [4.78, 5) is 2.24. The van der Waals surface area contributed by atoms with E-state index in [4.69, 9.17) is 0 Å². The van der Waals surface area contributed by atoms with Crippen LogP contribution in [0.25, 0.3) is 65.7 Å². The summed E-state index contributed by atoms with van der Waals surface area (Å²) in [5.74, 6) is 0. The van der Waals surface area contributed by atoms with E-state index >= 15 is 0 Å². The van der Waals surface area contributed by atoms with Crippen LogP contribution in [0.4, 0.5) is 11.4 Å². The first-order chi connectivity index (χ1) is 24.2. The zero-order valence-electron chi connectivity index (χ0n) is 27.3. The van der Waals surface area contributed by atoms with Crippen LogP contribution in [-0.2, 0) is 0 Å². The highest BCUT2D eigenvalue weighted by Gasteiger charge is 2.15. The third kappa shape index (κ3) is 5.62. The van der Waals surface area contributed by atoms with Gasteiger partial charge in [0.15, 0.2) is 0 Å². The molecule has 0 amide bonds. The van der Waals surface area contributed by atoms with Gasteiger partial charge in [0.05, 0.1) is 0 Å². The van der Waals surface area contributed by atoms with Gasteiger partial charge in [-0.3, -0.25) is 0 Å². The molecular formula is C48H35N. The second kappa shape index (κ2) is 13.0. The van der Waals surface area contributed by atoms with Gasteiger partial charge in [-0.25, -0.2) is 0 Å². The zero-order chi connectivity index (χ0) is 33.2.